The predicted molar refractivity (Wildman–Crippen MR) is 83.9 cm³/mol. The summed E-state index contributed by atoms with van der Waals surface area (Å²) in [5.74, 6) is -0.585. The third-order valence-corrected chi connectivity index (χ3v) is 3.88. The van der Waals surface area contributed by atoms with Gasteiger partial charge in [0, 0.05) is 31.9 Å². The summed E-state index contributed by atoms with van der Waals surface area (Å²) in [7, 11) is 0. The topological polar surface area (TPSA) is 49.6 Å². The van der Waals surface area contributed by atoms with Crippen LogP contribution in [0.15, 0.2) is 48.5 Å². The highest BCUT2D eigenvalue weighted by Crippen LogP contribution is 2.30. The molecule has 0 radical (unpaired) electrons. The number of nitrogens with zero attached hydrogens (tertiary/aromatic N) is 3. The Labute approximate surface area is 127 Å². The highest BCUT2D eigenvalue weighted by Gasteiger charge is 2.24. The van der Waals surface area contributed by atoms with Crippen molar-refractivity contribution in [2.45, 2.75) is 0 Å². The average Bonchev–Trinajstić information content (AvgIpc) is 2.56. The van der Waals surface area contributed by atoms with Crippen LogP contribution in [0.25, 0.3) is 0 Å². The molecule has 0 unspecified atom stereocenters. The Morgan fingerprint density at radius 3 is 2.23 bits per heavy atom. The average molecular weight is 301 g/mol. The maximum Gasteiger partial charge on any atom is 0.295 e. The molecule has 1 heterocycles. The molecule has 0 saturated carbocycles. The summed E-state index contributed by atoms with van der Waals surface area (Å²) in [5, 5.41) is 11.1. The molecule has 0 bridgehead atoms. The first-order chi connectivity index (χ1) is 10.6. The van der Waals surface area contributed by atoms with Gasteiger partial charge < -0.3 is 9.80 Å². The van der Waals surface area contributed by atoms with Gasteiger partial charge in [0.15, 0.2) is 0 Å². The smallest absolute Gasteiger partial charge is 0.295 e. The molecule has 0 aromatic heterocycles. The molecule has 1 fully saturated rings. The zero-order valence-corrected chi connectivity index (χ0v) is 12.0. The Hall–Kier alpha value is -2.63. The van der Waals surface area contributed by atoms with Crippen LogP contribution in [-0.2, 0) is 0 Å². The van der Waals surface area contributed by atoms with Gasteiger partial charge in [-0.05, 0) is 24.3 Å². The van der Waals surface area contributed by atoms with E-state index in [0.29, 0.717) is 18.8 Å². The second kappa shape index (κ2) is 6.01. The lowest BCUT2D eigenvalue weighted by Crippen LogP contribution is -2.46. The summed E-state index contributed by atoms with van der Waals surface area (Å²) < 4.78 is 13.2. The molecule has 1 aliphatic heterocycles. The molecule has 6 heteroatoms. The molecule has 5 nitrogen and oxygen atoms in total. The minimum Gasteiger partial charge on any atom is -0.368 e. The van der Waals surface area contributed by atoms with Crippen LogP contribution in [0.4, 0.5) is 21.5 Å². The van der Waals surface area contributed by atoms with Crippen molar-refractivity contribution in [3.63, 3.8) is 0 Å². The minimum atomic E-state index is -0.585. The molecule has 0 N–H and O–H groups in total. The molecular formula is C16H16FN3O2. The number of nitro groups is 1. The number of nitro benzene ring substituents is 1. The van der Waals surface area contributed by atoms with E-state index in [2.05, 4.69) is 17.0 Å². The second-order valence-corrected chi connectivity index (χ2v) is 5.20. The molecule has 3 rings (SSSR count). The van der Waals surface area contributed by atoms with Crippen molar-refractivity contribution in [3.8, 4) is 0 Å². The summed E-state index contributed by atoms with van der Waals surface area (Å²) >= 11 is 0. The van der Waals surface area contributed by atoms with Crippen molar-refractivity contribution < 1.29 is 9.31 Å². The van der Waals surface area contributed by atoms with Crippen molar-refractivity contribution in [3.05, 3.63) is 64.5 Å². The largest absolute Gasteiger partial charge is 0.368 e. The normalized spacial score (nSPS) is 15.0. The third kappa shape index (κ3) is 2.86. The van der Waals surface area contributed by atoms with Crippen LogP contribution in [0.3, 0.4) is 0 Å². The molecule has 0 amide bonds. The molecule has 0 aliphatic carbocycles. The highest BCUT2D eigenvalue weighted by atomic mass is 19.1. The number of halogens is 1. The van der Waals surface area contributed by atoms with Crippen LogP contribution in [-0.4, -0.2) is 31.1 Å². The van der Waals surface area contributed by atoms with Gasteiger partial charge in [0.2, 0.25) is 0 Å². The van der Waals surface area contributed by atoms with Gasteiger partial charge in [0.1, 0.15) is 11.5 Å². The lowest BCUT2D eigenvalue weighted by molar-refractivity contribution is -0.384. The minimum absolute atomic E-state index is 0.173. The Morgan fingerprint density at radius 1 is 0.955 bits per heavy atom. The number of hydrogen-bond donors (Lipinski definition) is 0. The monoisotopic (exact) mass is 301 g/mol. The lowest BCUT2D eigenvalue weighted by atomic mass is 10.2. The van der Waals surface area contributed by atoms with E-state index in [0.717, 1.165) is 24.8 Å². The lowest BCUT2D eigenvalue weighted by Gasteiger charge is -2.37. The summed E-state index contributed by atoms with van der Waals surface area (Å²) in [6, 6.07) is 13.8. The number of rotatable bonds is 3. The SMILES string of the molecule is O=[N+]([O-])c1cc(F)ccc1N1CCN(c2ccccc2)CC1. The Kier molecular flexibility index (Phi) is 3.91. The maximum atomic E-state index is 13.2. The van der Waals surface area contributed by atoms with Crippen molar-refractivity contribution >= 4 is 17.1 Å². The zero-order chi connectivity index (χ0) is 15.5. The summed E-state index contributed by atoms with van der Waals surface area (Å²) in [6.45, 7) is 2.89. The molecule has 1 saturated heterocycles. The summed E-state index contributed by atoms with van der Waals surface area (Å²) in [5.41, 5.74) is 1.46. The molecule has 0 spiro atoms. The highest BCUT2D eigenvalue weighted by molar-refractivity contribution is 5.64. The Balaban J connectivity index is 1.76. The molecule has 22 heavy (non-hydrogen) atoms. The standard InChI is InChI=1S/C16H16FN3O2/c17-13-6-7-15(16(12-13)20(21)22)19-10-8-18(9-11-19)14-4-2-1-3-5-14/h1-7,12H,8-11H2. The van der Waals surface area contributed by atoms with Gasteiger partial charge in [0.25, 0.3) is 5.69 Å². The molecule has 0 atom stereocenters. The fourth-order valence-electron chi connectivity index (χ4n) is 2.75. The number of hydrogen-bond acceptors (Lipinski definition) is 4. The first-order valence-electron chi connectivity index (χ1n) is 7.14. The molecule has 2 aromatic rings. The van der Waals surface area contributed by atoms with E-state index in [-0.39, 0.29) is 5.69 Å². The quantitative estimate of drug-likeness (QED) is 0.646. The van der Waals surface area contributed by atoms with E-state index < -0.39 is 10.7 Å². The van der Waals surface area contributed by atoms with Crippen molar-refractivity contribution in [1.29, 1.82) is 0 Å². The van der Waals surface area contributed by atoms with Crippen LogP contribution >= 0.6 is 0 Å². The van der Waals surface area contributed by atoms with E-state index in [9.17, 15) is 14.5 Å². The molecule has 1 aliphatic rings. The van der Waals surface area contributed by atoms with E-state index in [1.54, 1.807) is 0 Å². The van der Waals surface area contributed by atoms with Crippen LogP contribution in [0.5, 0.6) is 0 Å². The van der Waals surface area contributed by atoms with Gasteiger partial charge in [-0.2, -0.15) is 0 Å². The summed E-state index contributed by atoms with van der Waals surface area (Å²) in [4.78, 5) is 14.8. The molecular weight excluding hydrogens is 285 g/mol. The third-order valence-electron chi connectivity index (χ3n) is 3.88. The fraction of sp³-hybridized carbons (Fsp3) is 0.250. The van der Waals surface area contributed by atoms with Crippen molar-refractivity contribution in [1.82, 2.24) is 0 Å². The number of benzene rings is 2. The van der Waals surface area contributed by atoms with Crippen LogP contribution in [0.2, 0.25) is 0 Å². The number of para-hydroxylation sites is 1. The van der Waals surface area contributed by atoms with E-state index in [4.69, 9.17) is 0 Å². The van der Waals surface area contributed by atoms with Gasteiger partial charge in [-0.15, -0.1) is 0 Å². The molecule has 2 aromatic carbocycles. The van der Waals surface area contributed by atoms with Gasteiger partial charge in [0.05, 0.1) is 11.0 Å². The fourth-order valence-corrected chi connectivity index (χ4v) is 2.75. The Bertz CT molecular complexity index is 670. The predicted octanol–water partition coefficient (Wildman–Crippen LogP) is 3.06. The van der Waals surface area contributed by atoms with Gasteiger partial charge in [-0.3, -0.25) is 10.1 Å². The van der Waals surface area contributed by atoms with Crippen LogP contribution in [0, 0.1) is 15.9 Å². The summed E-state index contributed by atoms with van der Waals surface area (Å²) in [6.07, 6.45) is 0. The van der Waals surface area contributed by atoms with Gasteiger partial charge in [-0.1, -0.05) is 18.2 Å². The Morgan fingerprint density at radius 2 is 1.59 bits per heavy atom. The first kappa shape index (κ1) is 14.3. The second-order valence-electron chi connectivity index (χ2n) is 5.20. The van der Waals surface area contributed by atoms with Crippen LogP contribution in [0.1, 0.15) is 0 Å². The van der Waals surface area contributed by atoms with Crippen molar-refractivity contribution in [2.75, 3.05) is 36.0 Å². The number of piperazine rings is 1. The van der Waals surface area contributed by atoms with E-state index in [1.807, 2.05) is 23.1 Å². The number of anilines is 2. The first-order valence-corrected chi connectivity index (χ1v) is 7.14. The maximum absolute atomic E-state index is 13.2. The molecule has 114 valence electrons. The van der Waals surface area contributed by atoms with Gasteiger partial charge >= 0.3 is 0 Å². The van der Waals surface area contributed by atoms with E-state index >= 15 is 0 Å². The van der Waals surface area contributed by atoms with E-state index in [1.165, 1.54) is 12.1 Å². The van der Waals surface area contributed by atoms with Crippen molar-refractivity contribution in [2.24, 2.45) is 0 Å². The van der Waals surface area contributed by atoms with Crippen LogP contribution < -0.4 is 9.80 Å². The zero-order valence-electron chi connectivity index (χ0n) is 12.0. The van der Waals surface area contributed by atoms with Gasteiger partial charge in [-0.25, -0.2) is 4.39 Å².